The molecule has 0 aromatic carbocycles. The number of nitrogens with zero attached hydrogens (tertiary/aromatic N) is 1. The summed E-state index contributed by atoms with van der Waals surface area (Å²) < 4.78 is 0. The fourth-order valence-electron chi connectivity index (χ4n) is 0.338. The Kier molecular flexibility index (Phi) is 4.36. The van der Waals surface area contributed by atoms with Crippen LogP contribution in [0.25, 0.3) is 0 Å². The van der Waals surface area contributed by atoms with Crippen LogP contribution in [-0.2, 0) is 0 Å². The normalized spacial score (nSPS) is 10.4. The van der Waals surface area contributed by atoms with E-state index in [2.05, 4.69) is 18.4 Å². The minimum absolute atomic E-state index is 1.09. The molecule has 0 heterocycles. The average Bonchev–Trinajstić information content (AvgIpc) is 1.83. The molecule has 1 N–H and O–H groups in total. The third-order valence-corrected chi connectivity index (χ3v) is 0.917. The highest BCUT2D eigenvalue weighted by atomic mass is 15.5. The van der Waals surface area contributed by atoms with E-state index in [0.717, 1.165) is 6.42 Å². The number of hydrogen-bond donors (Lipinski definition) is 1. The molecule has 0 unspecified atom stereocenters. The zero-order chi connectivity index (χ0) is 6.41. The molecular weight excluding hydrogens is 100 g/mol. The smallest absolute Gasteiger partial charge is 0.0225 e. The summed E-state index contributed by atoms with van der Waals surface area (Å²) in [6.45, 7) is 2.11. The molecule has 2 heteroatoms. The van der Waals surface area contributed by atoms with Crippen LogP contribution >= 0.6 is 0 Å². The molecule has 0 saturated carbocycles. The summed E-state index contributed by atoms with van der Waals surface area (Å²) >= 11 is 0. The molecule has 0 atom stereocenters. The first-order chi connectivity index (χ1) is 3.81. The predicted octanol–water partition coefficient (Wildman–Crippen LogP) is 0.976. The van der Waals surface area contributed by atoms with Crippen LogP contribution in [0, 0.1) is 0 Å². The Morgan fingerprint density at radius 2 is 2.25 bits per heavy atom. The van der Waals surface area contributed by atoms with Crippen molar-refractivity contribution in [2.45, 2.75) is 13.3 Å². The van der Waals surface area contributed by atoms with Gasteiger partial charge in [0.1, 0.15) is 0 Å². The number of nitrogens with one attached hydrogen (secondary N) is 1. The number of allylic oxidation sites excluding steroid dienone is 1. The van der Waals surface area contributed by atoms with Crippen LogP contribution in [0.3, 0.4) is 0 Å². The van der Waals surface area contributed by atoms with Gasteiger partial charge in [0.25, 0.3) is 0 Å². The summed E-state index contributed by atoms with van der Waals surface area (Å²) in [4.78, 5) is 0. The zero-order valence-corrected chi connectivity index (χ0v) is 5.81. The fraction of sp³-hybridized carbons (Fsp3) is 0.667. The van der Waals surface area contributed by atoms with Crippen LogP contribution in [-0.4, -0.2) is 19.1 Å². The molecule has 0 aromatic rings. The largest absolute Gasteiger partial charge is 0.319 e. The quantitative estimate of drug-likeness (QED) is 0.550. The van der Waals surface area contributed by atoms with Crippen LogP contribution in [0.4, 0.5) is 0 Å². The van der Waals surface area contributed by atoms with E-state index >= 15 is 0 Å². The lowest BCUT2D eigenvalue weighted by molar-refractivity contribution is 0.364. The van der Waals surface area contributed by atoms with Crippen molar-refractivity contribution in [3.63, 3.8) is 0 Å². The van der Waals surface area contributed by atoms with E-state index in [4.69, 9.17) is 0 Å². The topological polar surface area (TPSA) is 15.3 Å². The van der Waals surface area contributed by atoms with Crippen molar-refractivity contribution in [1.29, 1.82) is 0 Å². The molecule has 2 nitrogen and oxygen atoms in total. The lowest BCUT2D eigenvalue weighted by Crippen LogP contribution is -2.24. The second-order valence-corrected chi connectivity index (χ2v) is 1.63. The fourth-order valence-corrected chi connectivity index (χ4v) is 0.338. The first-order valence-electron chi connectivity index (χ1n) is 2.88. The van der Waals surface area contributed by atoms with Crippen LogP contribution in [0.1, 0.15) is 13.3 Å². The lowest BCUT2D eigenvalue weighted by Gasteiger charge is -2.09. The summed E-state index contributed by atoms with van der Waals surface area (Å²) in [6, 6.07) is 0. The summed E-state index contributed by atoms with van der Waals surface area (Å²) in [6.07, 6.45) is 5.18. The van der Waals surface area contributed by atoms with E-state index in [0.29, 0.717) is 0 Å². The maximum atomic E-state index is 2.95. The van der Waals surface area contributed by atoms with E-state index in [9.17, 15) is 0 Å². The summed E-state index contributed by atoms with van der Waals surface area (Å²) in [7, 11) is 3.85. The van der Waals surface area contributed by atoms with E-state index < -0.39 is 0 Å². The van der Waals surface area contributed by atoms with Crippen LogP contribution < -0.4 is 5.43 Å². The van der Waals surface area contributed by atoms with Crippen LogP contribution in [0.15, 0.2) is 12.3 Å². The SMILES string of the molecule is CC/C=C/N(C)NC. The molecule has 0 aliphatic heterocycles. The highest BCUT2D eigenvalue weighted by molar-refractivity contribution is 4.76. The van der Waals surface area contributed by atoms with Gasteiger partial charge in [0, 0.05) is 20.3 Å². The molecule has 0 aliphatic carbocycles. The Bertz CT molecular complexity index is 68.9. The van der Waals surface area contributed by atoms with Crippen molar-refractivity contribution in [3.8, 4) is 0 Å². The summed E-state index contributed by atoms with van der Waals surface area (Å²) in [5.41, 5.74) is 2.95. The van der Waals surface area contributed by atoms with Crippen LogP contribution in [0.5, 0.6) is 0 Å². The third-order valence-electron chi connectivity index (χ3n) is 0.917. The van der Waals surface area contributed by atoms with Gasteiger partial charge in [-0.2, -0.15) is 0 Å². The van der Waals surface area contributed by atoms with Gasteiger partial charge < -0.3 is 5.01 Å². The molecule has 0 radical (unpaired) electrons. The maximum Gasteiger partial charge on any atom is 0.0225 e. The van der Waals surface area contributed by atoms with Gasteiger partial charge in [-0.1, -0.05) is 13.0 Å². The first kappa shape index (κ1) is 7.50. The summed E-state index contributed by atoms with van der Waals surface area (Å²) in [5, 5.41) is 1.91. The average molecular weight is 114 g/mol. The molecule has 0 saturated heterocycles. The molecule has 0 aliphatic rings. The number of hydrazine groups is 1. The lowest BCUT2D eigenvalue weighted by atomic mass is 10.5. The molecule has 8 heavy (non-hydrogen) atoms. The van der Waals surface area contributed by atoms with Gasteiger partial charge in [0.05, 0.1) is 0 Å². The van der Waals surface area contributed by atoms with Crippen molar-refractivity contribution in [2.24, 2.45) is 0 Å². The van der Waals surface area contributed by atoms with Gasteiger partial charge in [-0.05, 0) is 6.42 Å². The Balaban J connectivity index is 3.21. The second-order valence-electron chi connectivity index (χ2n) is 1.63. The van der Waals surface area contributed by atoms with Gasteiger partial charge in [-0.15, -0.1) is 0 Å². The third kappa shape index (κ3) is 3.68. The molecule has 0 rings (SSSR count). The van der Waals surface area contributed by atoms with E-state index in [1.54, 1.807) is 0 Å². The van der Waals surface area contributed by atoms with E-state index in [1.807, 2.05) is 25.3 Å². The van der Waals surface area contributed by atoms with Crippen molar-refractivity contribution >= 4 is 0 Å². The molecule has 48 valence electrons. The van der Waals surface area contributed by atoms with E-state index in [1.165, 1.54) is 0 Å². The Hall–Kier alpha value is -0.500. The molecular formula is C6H14N2. The van der Waals surface area contributed by atoms with E-state index in [-0.39, 0.29) is 0 Å². The Labute approximate surface area is 51.2 Å². The first-order valence-corrected chi connectivity index (χ1v) is 2.88. The molecule has 0 aromatic heterocycles. The van der Waals surface area contributed by atoms with Gasteiger partial charge in [0.15, 0.2) is 0 Å². The van der Waals surface area contributed by atoms with Crippen molar-refractivity contribution in [1.82, 2.24) is 10.4 Å². The van der Waals surface area contributed by atoms with Crippen molar-refractivity contribution < 1.29 is 0 Å². The van der Waals surface area contributed by atoms with Gasteiger partial charge in [-0.25, -0.2) is 5.43 Å². The molecule has 0 spiro atoms. The molecule has 0 fully saturated rings. The van der Waals surface area contributed by atoms with Crippen molar-refractivity contribution in [2.75, 3.05) is 14.1 Å². The monoisotopic (exact) mass is 114 g/mol. The Morgan fingerprint density at radius 3 is 2.62 bits per heavy atom. The zero-order valence-electron chi connectivity index (χ0n) is 5.81. The second kappa shape index (κ2) is 4.65. The summed E-state index contributed by atoms with van der Waals surface area (Å²) in [5.74, 6) is 0. The minimum atomic E-state index is 1.09. The standard InChI is InChI=1S/C6H14N2/c1-4-5-6-8(3)7-2/h5-7H,4H2,1-3H3/b6-5+. The maximum absolute atomic E-state index is 2.95. The highest BCUT2D eigenvalue weighted by Gasteiger charge is 1.76. The number of rotatable bonds is 3. The van der Waals surface area contributed by atoms with Crippen LogP contribution in [0.2, 0.25) is 0 Å². The van der Waals surface area contributed by atoms with Crippen molar-refractivity contribution in [3.05, 3.63) is 12.3 Å². The predicted molar refractivity (Wildman–Crippen MR) is 36.3 cm³/mol. The number of hydrogen-bond acceptors (Lipinski definition) is 2. The molecule has 0 amide bonds. The van der Waals surface area contributed by atoms with Gasteiger partial charge in [0.2, 0.25) is 0 Å². The Morgan fingerprint density at radius 1 is 1.62 bits per heavy atom. The minimum Gasteiger partial charge on any atom is -0.319 e. The van der Waals surface area contributed by atoms with Gasteiger partial charge in [-0.3, -0.25) is 0 Å². The van der Waals surface area contributed by atoms with Gasteiger partial charge >= 0.3 is 0 Å². The highest BCUT2D eigenvalue weighted by Crippen LogP contribution is 1.80. The molecule has 0 bridgehead atoms.